The van der Waals surface area contributed by atoms with Crippen molar-refractivity contribution >= 4 is 22.7 Å². The van der Waals surface area contributed by atoms with Crippen LogP contribution in [0.4, 0.5) is 0 Å². The first-order chi connectivity index (χ1) is 13.0. The molecule has 138 valence electrons. The van der Waals surface area contributed by atoms with Crippen molar-refractivity contribution in [3.63, 3.8) is 0 Å². The average molecular weight is 364 g/mol. The average Bonchev–Trinajstić information content (AvgIpc) is 2.68. The van der Waals surface area contributed by atoms with E-state index in [2.05, 4.69) is 15.3 Å². The Labute approximate surface area is 156 Å². The van der Waals surface area contributed by atoms with Crippen LogP contribution in [-0.2, 0) is 11.3 Å². The largest absolute Gasteiger partial charge is 0.341 e. The molecule has 0 saturated carbocycles. The molecule has 0 unspecified atom stereocenters. The first-order valence-electron chi connectivity index (χ1n) is 8.54. The first-order valence-corrected chi connectivity index (χ1v) is 8.54. The number of nitrogens with zero attached hydrogens (tertiary/aromatic N) is 2. The fourth-order valence-corrected chi connectivity index (χ4v) is 2.77. The molecule has 2 N–H and O–H groups in total. The summed E-state index contributed by atoms with van der Waals surface area (Å²) in [6.45, 7) is 1.75. The molecular weight excluding hydrogens is 344 g/mol. The van der Waals surface area contributed by atoms with Crippen LogP contribution in [0.25, 0.3) is 10.9 Å². The predicted octanol–water partition coefficient (Wildman–Crippen LogP) is 1.70. The SMILES string of the molecule is C[C@H](NC(=O)c1ccccc1)C(=O)N(C)Cc1nc2ccccc2c(=O)[nH]1. The topological polar surface area (TPSA) is 95.2 Å². The summed E-state index contributed by atoms with van der Waals surface area (Å²) in [5.74, 6) is -0.215. The van der Waals surface area contributed by atoms with Gasteiger partial charge in [0, 0.05) is 12.6 Å². The van der Waals surface area contributed by atoms with Crippen molar-refractivity contribution in [2.24, 2.45) is 0 Å². The zero-order chi connectivity index (χ0) is 19.4. The quantitative estimate of drug-likeness (QED) is 0.720. The highest BCUT2D eigenvalue weighted by Crippen LogP contribution is 2.07. The molecule has 0 bridgehead atoms. The third kappa shape index (κ3) is 4.20. The maximum absolute atomic E-state index is 12.6. The van der Waals surface area contributed by atoms with Gasteiger partial charge in [-0.1, -0.05) is 30.3 Å². The summed E-state index contributed by atoms with van der Waals surface area (Å²) in [6.07, 6.45) is 0. The highest BCUT2D eigenvalue weighted by Gasteiger charge is 2.21. The first kappa shape index (κ1) is 18.3. The Morgan fingerprint density at radius 2 is 1.78 bits per heavy atom. The number of para-hydroxylation sites is 1. The number of hydrogen-bond acceptors (Lipinski definition) is 4. The Hall–Kier alpha value is -3.48. The lowest BCUT2D eigenvalue weighted by molar-refractivity contribution is -0.132. The summed E-state index contributed by atoms with van der Waals surface area (Å²) >= 11 is 0. The molecule has 3 rings (SSSR count). The van der Waals surface area contributed by atoms with E-state index in [1.165, 1.54) is 4.90 Å². The molecule has 0 saturated heterocycles. The van der Waals surface area contributed by atoms with E-state index in [1.54, 1.807) is 62.5 Å². The van der Waals surface area contributed by atoms with Crippen molar-refractivity contribution in [1.29, 1.82) is 0 Å². The second-order valence-corrected chi connectivity index (χ2v) is 6.29. The van der Waals surface area contributed by atoms with Gasteiger partial charge in [0.1, 0.15) is 11.9 Å². The van der Waals surface area contributed by atoms with Crippen molar-refractivity contribution in [3.8, 4) is 0 Å². The fraction of sp³-hybridized carbons (Fsp3) is 0.200. The number of H-pyrrole nitrogens is 1. The lowest BCUT2D eigenvalue weighted by atomic mass is 10.2. The maximum Gasteiger partial charge on any atom is 0.258 e. The summed E-state index contributed by atoms with van der Waals surface area (Å²) in [4.78, 5) is 45.4. The highest BCUT2D eigenvalue weighted by molar-refractivity contribution is 5.97. The van der Waals surface area contributed by atoms with Crippen LogP contribution in [-0.4, -0.2) is 39.8 Å². The zero-order valence-corrected chi connectivity index (χ0v) is 15.1. The Bertz CT molecular complexity index is 1030. The van der Waals surface area contributed by atoms with Crippen molar-refractivity contribution in [2.45, 2.75) is 19.5 Å². The molecule has 0 spiro atoms. The van der Waals surface area contributed by atoms with Crippen LogP contribution in [0.2, 0.25) is 0 Å². The van der Waals surface area contributed by atoms with Gasteiger partial charge in [-0.05, 0) is 31.2 Å². The Morgan fingerprint density at radius 1 is 1.11 bits per heavy atom. The van der Waals surface area contributed by atoms with Crippen molar-refractivity contribution in [3.05, 3.63) is 76.3 Å². The van der Waals surface area contributed by atoms with Crippen LogP contribution in [0.5, 0.6) is 0 Å². The van der Waals surface area contributed by atoms with Gasteiger partial charge in [-0.15, -0.1) is 0 Å². The summed E-state index contributed by atoms with van der Waals surface area (Å²) in [5.41, 5.74) is 0.810. The molecule has 27 heavy (non-hydrogen) atoms. The van der Waals surface area contributed by atoms with Crippen molar-refractivity contribution in [1.82, 2.24) is 20.2 Å². The molecule has 1 atom stereocenters. The highest BCUT2D eigenvalue weighted by atomic mass is 16.2. The molecule has 0 aliphatic rings. The predicted molar refractivity (Wildman–Crippen MR) is 102 cm³/mol. The molecule has 0 aliphatic carbocycles. The molecule has 0 fully saturated rings. The number of amides is 2. The van der Waals surface area contributed by atoms with Gasteiger partial charge in [-0.25, -0.2) is 4.98 Å². The maximum atomic E-state index is 12.6. The summed E-state index contributed by atoms with van der Waals surface area (Å²) in [5, 5.41) is 3.18. The van der Waals surface area contributed by atoms with E-state index >= 15 is 0 Å². The minimum atomic E-state index is -0.713. The molecule has 0 radical (unpaired) electrons. The van der Waals surface area contributed by atoms with Crippen molar-refractivity contribution < 1.29 is 9.59 Å². The van der Waals surface area contributed by atoms with Gasteiger partial charge in [0.05, 0.1) is 17.4 Å². The zero-order valence-electron chi connectivity index (χ0n) is 15.1. The van der Waals surface area contributed by atoms with Gasteiger partial charge >= 0.3 is 0 Å². The summed E-state index contributed by atoms with van der Waals surface area (Å²) in [6, 6.07) is 15.0. The number of nitrogens with one attached hydrogen (secondary N) is 2. The molecule has 3 aromatic rings. The number of aromatic nitrogens is 2. The lowest BCUT2D eigenvalue weighted by Gasteiger charge is -2.21. The van der Waals surface area contributed by atoms with E-state index < -0.39 is 6.04 Å². The van der Waals surface area contributed by atoms with E-state index in [1.807, 2.05) is 6.07 Å². The molecule has 7 nitrogen and oxygen atoms in total. The van der Waals surface area contributed by atoms with Crippen LogP contribution in [0.1, 0.15) is 23.1 Å². The van der Waals surface area contributed by atoms with Gasteiger partial charge in [-0.3, -0.25) is 14.4 Å². The number of aromatic amines is 1. The molecule has 1 aromatic heterocycles. The lowest BCUT2D eigenvalue weighted by Crippen LogP contribution is -2.45. The summed E-state index contributed by atoms with van der Waals surface area (Å²) in [7, 11) is 1.60. The number of carbonyl (C=O) groups excluding carboxylic acids is 2. The molecular formula is C20H20N4O3. The summed E-state index contributed by atoms with van der Waals surface area (Å²) < 4.78 is 0. The van der Waals surface area contributed by atoms with Gasteiger partial charge in [0.15, 0.2) is 0 Å². The third-order valence-corrected chi connectivity index (χ3v) is 4.18. The molecule has 7 heteroatoms. The number of fused-ring (bicyclic) bond motifs is 1. The Balaban J connectivity index is 1.68. The van der Waals surface area contributed by atoms with Gasteiger partial charge in [0.2, 0.25) is 5.91 Å². The van der Waals surface area contributed by atoms with Crippen LogP contribution in [0.15, 0.2) is 59.4 Å². The minimum absolute atomic E-state index is 0.129. The number of benzene rings is 2. The number of rotatable bonds is 5. The Morgan fingerprint density at radius 3 is 2.52 bits per heavy atom. The molecule has 1 heterocycles. The third-order valence-electron chi connectivity index (χ3n) is 4.18. The van der Waals surface area contributed by atoms with Crippen molar-refractivity contribution in [2.75, 3.05) is 7.05 Å². The van der Waals surface area contributed by atoms with E-state index in [9.17, 15) is 14.4 Å². The van der Waals surface area contributed by atoms with E-state index in [4.69, 9.17) is 0 Å². The standard InChI is InChI=1S/C20H20N4O3/c1-13(21-18(25)14-8-4-3-5-9-14)20(27)24(2)12-17-22-16-11-7-6-10-15(16)19(26)23-17/h3-11,13H,12H2,1-2H3,(H,21,25)(H,22,23,26)/t13-/m0/s1. The monoisotopic (exact) mass is 364 g/mol. The smallest absolute Gasteiger partial charge is 0.258 e. The second kappa shape index (κ2) is 7.82. The number of likely N-dealkylation sites (N-methyl/N-ethyl adjacent to an activating group) is 1. The normalized spacial score (nSPS) is 11.8. The van der Waals surface area contributed by atoms with E-state index in [-0.39, 0.29) is 23.9 Å². The van der Waals surface area contributed by atoms with Gasteiger partial charge in [0.25, 0.3) is 11.5 Å². The van der Waals surface area contributed by atoms with Crippen LogP contribution in [0, 0.1) is 0 Å². The number of carbonyl (C=O) groups is 2. The van der Waals surface area contributed by atoms with Gasteiger partial charge < -0.3 is 15.2 Å². The van der Waals surface area contributed by atoms with E-state index in [0.29, 0.717) is 22.3 Å². The van der Waals surface area contributed by atoms with Gasteiger partial charge in [-0.2, -0.15) is 0 Å². The minimum Gasteiger partial charge on any atom is -0.341 e. The molecule has 2 amide bonds. The second-order valence-electron chi connectivity index (χ2n) is 6.29. The molecule has 0 aliphatic heterocycles. The fourth-order valence-electron chi connectivity index (χ4n) is 2.77. The van der Waals surface area contributed by atoms with Crippen LogP contribution >= 0.6 is 0 Å². The Kier molecular flexibility index (Phi) is 5.30. The number of hydrogen-bond donors (Lipinski definition) is 2. The molecule has 2 aromatic carbocycles. The van der Waals surface area contributed by atoms with Crippen LogP contribution < -0.4 is 10.9 Å². The van der Waals surface area contributed by atoms with Crippen LogP contribution in [0.3, 0.4) is 0 Å². The van der Waals surface area contributed by atoms with E-state index in [0.717, 1.165) is 0 Å².